The second-order valence-corrected chi connectivity index (χ2v) is 10.8. The number of anilines is 1. The molecule has 26 heavy (non-hydrogen) atoms. The van der Waals surface area contributed by atoms with E-state index in [9.17, 15) is 13.2 Å². The molecule has 1 aliphatic heterocycles. The normalized spacial score (nSPS) is 27.8. The molecule has 0 bridgehead atoms. The highest BCUT2D eigenvalue weighted by Crippen LogP contribution is 2.63. The van der Waals surface area contributed by atoms with E-state index in [2.05, 4.69) is 38.2 Å². The van der Waals surface area contributed by atoms with E-state index in [0.29, 0.717) is 24.7 Å². The Bertz CT molecular complexity index is 798. The fourth-order valence-electron chi connectivity index (χ4n) is 5.17. The number of amides is 1. The zero-order valence-corrected chi connectivity index (χ0v) is 17.1. The molecule has 0 radical (unpaired) electrons. The number of hydrogen-bond acceptors (Lipinski definition) is 4. The third kappa shape index (κ3) is 3.28. The lowest BCUT2D eigenvalue weighted by molar-refractivity contribution is -0.114. The minimum atomic E-state index is -3.53. The van der Waals surface area contributed by atoms with Gasteiger partial charge in [0.1, 0.15) is 0 Å². The maximum Gasteiger partial charge on any atom is 0.243 e. The second kappa shape index (κ2) is 6.32. The molecule has 1 N–H and O–H groups in total. The van der Waals surface area contributed by atoms with E-state index >= 15 is 0 Å². The Kier molecular flexibility index (Phi) is 4.70. The van der Waals surface area contributed by atoms with Gasteiger partial charge >= 0.3 is 0 Å². The molecule has 2 aliphatic rings. The van der Waals surface area contributed by atoms with Crippen LogP contribution in [-0.4, -0.2) is 57.3 Å². The molecule has 0 unspecified atom stereocenters. The van der Waals surface area contributed by atoms with Crippen LogP contribution in [0.4, 0.5) is 5.69 Å². The highest BCUT2D eigenvalue weighted by molar-refractivity contribution is 7.89. The van der Waals surface area contributed by atoms with Crippen molar-refractivity contribution in [2.75, 3.05) is 39.0 Å². The van der Waals surface area contributed by atoms with Crippen LogP contribution in [0, 0.1) is 16.7 Å². The number of fused-ring (bicyclic) bond motifs is 1. The Morgan fingerprint density at radius 3 is 2.38 bits per heavy atom. The van der Waals surface area contributed by atoms with Gasteiger partial charge in [-0.15, -0.1) is 0 Å². The molecule has 1 aromatic rings. The highest BCUT2D eigenvalue weighted by atomic mass is 32.2. The summed E-state index contributed by atoms with van der Waals surface area (Å²) < 4.78 is 28.0. The maximum absolute atomic E-state index is 13.2. The van der Waals surface area contributed by atoms with Gasteiger partial charge in [-0.2, -0.15) is 4.31 Å². The number of carbonyl (C=O) groups excluding carboxylic acids is 1. The number of carbonyl (C=O) groups is 1. The Hall–Kier alpha value is -1.44. The van der Waals surface area contributed by atoms with Crippen molar-refractivity contribution in [3.05, 3.63) is 24.3 Å². The Balaban J connectivity index is 1.83. The third-order valence-electron chi connectivity index (χ3n) is 5.81. The van der Waals surface area contributed by atoms with Crippen molar-refractivity contribution in [2.45, 2.75) is 32.1 Å². The zero-order valence-electron chi connectivity index (χ0n) is 16.2. The highest BCUT2D eigenvalue weighted by Gasteiger charge is 2.64. The first-order valence-corrected chi connectivity index (χ1v) is 10.4. The van der Waals surface area contributed by atoms with Crippen LogP contribution in [0.5, 0.6) is 0 Å². The molecule has 1 heterocycles. The van der Waals surface area contributed by atoms with Gasteiger partial charge in [0.05, 0.1) is 4.90 Å². The number of rotatable bonds is 5. The predicted octanol–water partition coefficient (Wildman–Crippen LogP) is 2.24. The SMILES string of the molecule is CC(=O)Nc1ccc(S(=O)(=O)N2C[C@@H]3C(C)(C)C[C@]3(CN(C)C)C2)cc1. The first-order valence-electron chi connectivity index (χ1n) is 8.99. The van der Waals surface area contributed by atoms with Gasteiger partial charge in [0.25, 0.3) is 0 Å². The molecule has 144 valence electrons. The number of nitrogens with zero attached hydrogens (tertiary/aromatic N) is 2. The number of sulfonamides is 1. The number of hydrogen-bond donors (Lipinski definition) is 1. The molecule has 1 aromatic carbocycles. The summed E-state index contributed by atoms with van der Waals surface area (Å²) in [5, 5.41) is 2.66. The van der Waals surface area contributed by atoms with Crippen molar-refractivity contribution in [3.63, 3.8) is 0 Å². The van der Waals surface area contributed by atoms with Crippen LogP contribution in [0.25, 0.3) is 0 Å². The summed E-state index contributed by atoms with van der Waals surface area (Å²) in [6.07, 6.45) is 1.05. The van der Waals surface area contributed by atoms with E-state index in [0.717, 1.165) is 13.0 Å². The van der Waals surface area contributed by atoms with Crippen LogP contribution >= 0.6 is 0 Å². The largest absolute Gasteiger partial charge is 0.326 e. The van der Waals surface area contributed by atoms with Gasteiger partial charge in [0.15, 0.2) is 0 Å². The quantitative estimate of drug-likeness (QED) is 0.852. The minimum absolute atomic E-state index is 0.0518. The number of benzene rings is 1. The Morgan fingerprint density at radius 1 is 1.27 bits per heavy atom. The predicted molar refractivity (Wildman–Crippen MR) is 102 cm³/mol. The van der Waals surface area contributed by atoms with Crippen LogP contribution in [0.15, 0.2) is 29.2 Å². The molecule has 2 fully saturated rings. The lowest BCUT2D eigenvalue weighted by Gasteiger charge is -2.57. The molecule has 0 spiro atoms. The summed E-state index contributed by atoms with van der Waals surface area (Å²) in [5.41, 5.74) is 0.828. The van der Waals surface area contributed by atoms with Crippen LogP contribution in [0.2, 0.25) is 0 Å². The lowest BCUT2D eigenvalue weighted by Crippen LogP contribution is -2.57. The van der Waals surface area contributed by atoms with E-state index in [1.165, 1.54) is 6.92 Å². The fourth-order valence-corrected chi connectivity index (χ4v) is 6.72. The molecule has 1 saturated carbocycles. The Morgan fingerprint density at radius 2 is 1.88 bits per heavy atom. The molecule has 1 saturated heterocycles. The molecular weight excluding hydrogens is 350 g/mol. The minimum Gasteiger partial charge on any atom is -0.326 e. The summed E-state index contributed by atoms with van der Waals surface area (Å²) in [6.45, 7) is 7.98. The lowest BCUT2D eigenvalue weighted by atomic mass is 9.48. The summed E-state index contributed by atoms with van der Waals surface area (Å²) in [6, 6.07) is 6.42. The summed E-state index contributed by atoms with van der Waals surface area (Å²) in [5.74, 6) is 0.204. The molecular formula is C19H29N3O3S. The first-order chi connectivity index (χ1) is 12.0. The number of nitrogens with one attached hydrogen (secondary N) is 1. The molecule has 0 aromatic heterocycles. The molecule has 3 rings (SSSR count). The van der Waals surface area contributed by atoms with Gasteiger partial charge in [-0.25, -0.2) is 8.42 Å². The van der Waals surface area contributed by atoms with Gasteiger partial charge in [-0.3, -0.25) is 4.79 Å². The van der Waals surface area contributed by atoms with Crippen molar-refractivity contribution in [2.24, 2.45) is 16.7 Å². The van der Waals surface area contributed by atoms with Crippen molar-refractivity contribution in [3.8, 4) is 0 Å². The van der Waals surface area contributed by atoms with Crippen LogP contribution in [0.1, 0.15) is 27.2 Å². The third-order valence-corrected chi connectivity index (χ3v) is 7.64. The monoisotopic (exact) mass is 379 g/mol. The molecule has 1 aliphatic carbocycles. The van der Waals surface area contributed by atoms with E-state index < -0.39 is 10.0 Å². The summed E-state index contributed by atoms with van der Waals surface area (Å²) >= 11 is 0. The molecule has 6 nitrogen and oxygen atoms in total. The van der Waals surface area contributed by atoms with Gasteiger partial charge in [-0.05, 0) is 56.1 Å². The molecule has 1 amide bonds. The first kappa shape index (κ1) is 19.3. The van der Waals surface area contributed by atoms with Crippen molar-refractivity contribution >= 4 is 21.6 Å². The average Bonchev–Trinajstić information content (AvgIpc) is 2.81. The Labute approximate surface area is 156 Å². The van der Waals surface area contributed by atoms with Gasteiger partial charge in [0.2, 0.25) is 15.9 Å². The van der Waals surface area contributed by atoms with Gasteiger partial charge < -0.3 is 10.2 Å². The van der Waals surface area contributed by atoms with E-state index in [4.69, 9.17) is 0 Å². The molecule has 2 atom stereocenters. The average molecular weight is 380 g/mol. The summed E-state index contributed by atoms with van der Waals surface area (Å²) in [7, 11) is 0.570. The topological polar surface area (TPSA) is 69.7 Å². The van der Waals surface area contributed by atoms with Crippen molar-refractivity contribution in [1.29, 1.82) is 0 Å². The van der Waals surface area contributed by atoms with Crippen LogP contribution < -0.4 is 5.32 Å². The van der Waals surface area contributed by atoms with Gasteiger partial charge in [-0.1, -0.05) is 13.8 Å². The summed E-state index contributed by atoms with van der Waals surface area (Å²) in [4.78, 5) is 13.6. The molecule has 7 heteroatoms. The second-order valence-electron chi connectivity index (χ2n) is 8.82. The van der Waals surface area contributed by atoms with E-state index in [1.54, 1.807) is 28.6 Å². The fraction of sp³-hybridized carbons (Fsp3) is 0.632. The van der Waals surface area contributed by atoms with Crippen molar-refractivity contribution in [1.82, 2.24) is 9.21 Å². The van der Waals surface area contributed by atoms with Crippen LogP contribution in [-0.2, 0) is 14.8 Å². The smallest absolute Gasteiger partial charge is 0.243 e. The zero-order chi connectivity index (χ0) is 19.3. The maximum atomic E-state index is 13.2. The standard InChI is InChI=1S/C19H29N3O3S/c1-14(23)20-15-6-8-16(9-7-15)26(24,25)22-10-17-18(2,3)11-19(17,13-22)12-21(4)5/h6-9,17H,10-13H2,1-5H3,(H,20,23)/t17-,19+/m1/s1. The van der Waals surface area contributed by atoms with E-state index in [1.807, 2.05) is 0 Å². The van der Waals surface area contributed by atoms with Crippen LogP contribution in [0.3, 0.4) is 0 Å². The van der Waals surface area contributed by atoms with E-state index in [-0.39, 0.29) is 21.6 Å². The van der Waals surface area contributed by atoms with Crippen molar-refractivity contribution < 1.29 is 13.2 Å². The van der Waals surface area contributed by atoms with Gasteiger partial charge in [0, 0.05) is 37.7 Å².